The monoisotopic (exact) mass is 536 g/mol. The number of carbonyl (C=O) groups excluding carboxylic acids is 1. The van der Waals surface area contributed by atoms with Crippen LogP contribution in [0.3, 0.4) is 0 Å². The van der Waals surface area contributed by atoms with E-state index in [0.29, 0.717) is 31.7 Å². The zero-order chi connectivity index (χ0) is 22.0. The molecule has 0 radical (unpaired) electrons. The minimum Gasteiger partial charge on any atom is -0.486 e. The van der Waals surface area contributed by atoms with Gasteiger partial charge in [0.05, 0.1) is 29.9 Å². The zero-order valence-electron chi connectivity index (χ0n) is 16.1. The summed E-state index contributed by atoms with van der Waals surface area (Å²) < 4.78 is 39.4. The number of nitrogens with zero attached hydrogens (tertiary/aromatic N) is 2. The summed E-state index contributed by atoms with van der Waals surface area (Å²) in [6.07, 6.45) is 1.42. The van der Waals surface area contributed by atoms with Gasteiger partial charge in [0.1, 0.15) is 12.4 Å². The van der Waals surface area contributed by atoms with Gasteiger partial charge < -0.3 is 14.8 Å². The number of aromatic nitrogens is 3. The second-order valence-electron chi connectivity index (χ2n) is 6.46. The lowest BCUT2D eigenvalue weighted by atomic mass is 10.1. The lowest BCUT2D eigenvalue weighted by Gasteiger charge is -2.12. The molecule has 1 amide bonds. The Kier molecular flexibility index (Phi) is 5.98. The molecule has 0 spiro atoms. The van der Waals surface area contributed by atoms with Crippen molar-refractivity contribution in [3.63, 3.8) is 0 Å². The first-order valence-corrected chi connectivity index (χ1v) is 10.1. The fraction of sp³-hybridized carbons (Fsp3) is 0.0952. The third-order valence-electron chi connectivity index (χ3n) is 4.40. The number of methoxy groups -OCH3 is 1. The number of H-pyrrole nitrogens is 1. The van der Waals surface area contributed by atoms with Gasteiger partial charge >= 0.3 is 0 Å². The number of carbonyl (C=O) groups is 1. The van der Waals surface area contributed by atoms with Gasteiger partial charge in [-0.1, -0.05) is 12.1 Å². The molecule has 10 heteroatoms. The maximum atomic E-state index is 15.1. The van der Waals surface area contributed by atoms with Crippen molar-refractivity contribution in [3.05, 3.63) is 75.0 Å². The van der Waals surface area contributed by atoms with Crippen molar-refractivity contribution in [1.29, 1.82) is 0 Å². The summed E-state index contributed by atoms with van der Waals surface area (Å²) in [5.74, 6) is -1.67. The summed E-state index contributed by atoms with van der Waals surface area (Å²) in [5.41, 5.74) is 1.20. The molecule has 0 aliphatic heterocycles. The van der Waals surface area contributed by atoms with Gasteiger partial charge in [0.15, 0.2) is 17.2 Å². The standard InChI is InChI=1S/C21H15F2IN4O3/c1-30-21-14-8-13(9-25-19(14)27-28-21)26-20(29)17-15(24)5-6-16(18(17)23)31-10-11-3-2-4-12(22)7-11/h2-9H,10H2,1H3,(H,26,29)(H,25,27,28). The van der Waals surface area contributed by atoms with Gasteiger partial charge in [0.25, 0.3) is 5.91 Å². The normalized spacial score (nSPS) is 10.8. The molecular weight excluding hydrogens is 521 g/mol. The summed E-state index contributed by atoms with van der Waals surface area (Å²) >= 11 is 1.87. The van der Waals surface area contributed by atoms with E-state index in [1.165, 1.54) is 37.6 Å². The smallest absolute Gasteiger partial charge is 0.259 e. The Hall–Kier alpha value is -3.28. The molecule has 0 bridgehead atoms. The maximum absolute atomic E-state index is 15.1. The van der Waals surface area contributed by atoms with Crippen molar-refractivity contribution in [3.8, 4) is 11.6 Å². The molecule has 2 N–H and O–H groups in total. The van der Waals surface area contributed by atoms with Crippen LogP contribution in [-0.4, -0.2) is 28.2 Å². The van der Waals surface area contributed by atoms with Crippen LogP contribution in [-0.2, 0) is 6.61 Å². The molecule has 0 aliphatic carbocycles. The summed E-state index contributed by atoms with van der Waals surface area (Å²) in [5, 5.41) is 9.87. The number of hydrogen-bond donors (Lipinski definition) is 2. The zero-order valence-corrected chi connectivity index (χ0v) is 18.2. The van der Waals surface area contributed by atoms with Crippen LogP contribution in [0.4, 0.5) is 14.5 Å². The van der Waals surface area contributed by atoms with Crippen LogP contribution in [0.15, 0.2) is 48.7 Å². The van der Waals surface area contributed by atoms with Crippen LogP contribution >= 0.6 is 22.6 Å². The third kappa shape index (κ3) is 4.43. The molecule has 2 heterocycles. The number of amides is 1. The molecular formula is C21H15F2IN4O3. The second-order valence-corrected chi connectivity index (χ2v) is 7.62. The molecule has 2 aromatic carbocycles. The molecule has 4 rings (SSSR count). The first-order valence-electron chi connectivity index (χ1n) is 9.01. The van der Waals surface area contributed by atoms with Gasteiger partial charge in [-0.15, -0.1) is 5.10 Å². The predicted octanol–water partition coefficient (Wildman–Crippen LogP) is 4.68. The lowest BCUT2D eigenvalue weighted by molar-refractivity contribution is 0.102. The average Bonchev–Trinajstić information content (AvgIpc) is 3.15. The second kappa shape index (κ2) is 8.84. The van der Waals surface area contributed by atoms with E-state index in [2.05, 4.69) is 20.5 Å². The van der Waals surface area contributed by atoms with E-state index in [0.717, 1.165) is 0 Å². The van der Waals surface area contributed by atoms with E-state index in [9.17, 15) is 9.18 Å². The number of nitrogens with one attached hydrogen (secondary N) is 2. The molecule has 31 heavy (non-hydrogen) atoms. The van der Waals surface area contributed by atoms with Gasteiger partial charge in [-0.3, -0.25) is 9.89 Å². The molecule has 0 unspecified atom stereocenters. The first-order chi connectivity index (χ1) is 15.0. The summed E-state index contributed by atoms with van der Waals surface area (Å²) in [6.45, 7) is -0.0444. The predicted molar refractivity (Wildman–Crippen MR) is 118 cm³/mol. The number of hydrogen-bond acceptors (Lipinski definition) is 5. The number of ether oxygens (including phenoxy) is 2. The summed E-state index contributed by atoms with van der Waals surface area (Å²) in [4.78, 5) is 17.0. The molecule has 2 aromatic heterocycles. The molecule has 0 saturated heterocycles. The molecule has 0 aliphatic rings. The van der Waals surface area contributed by atoms with Crippen molar-refractivity contribution in [2.45, 2.75) is 6.61 Å². The number of aromatic amines is 1. The highest BCUT2D eigenvalue weighted by Crippen LogP contribution is 2.28. The van der Waals surface area contributed by atoms with E-state index in [-0.39, 0.29) is 17.9 Å². The van der Waals surface area contributed by atoms with Crippen LogP contribution in [0.25, 0.3) is 11.0 Å². The Labute approximate surface area is 188 Å². The number of benzene rings is 2. The Bertz CT molecular complexity index is 1280. The minimum atomic E-state index is -0.810. The van der Waals surface area contributed by atoms with Crippen LogP contribution in [0.2, 0.25) is 0 Å². The highest BCUT2D eigenvalue weighted by molar-refractivity contribution is 14.1. The molecule has 0 fully saturated rings. The van der Waals surface area contributed by atoms with Crippen molar-refractivity contribution in [2.75, 3.05) is 12.4 Å². The largest absolute Gasteiger partial charge is 0.486 e. The average molecular weight is 536 g/mol. The van der Waals surface area contributed by atoms with Gasteiger partial charge in [-0.2, -0.15) is 0 Å². The van der Waals surface area contributed by atoms with E-state index < -0.39 is 17.5 Å². The molecule has 158 valence electrons. The van der Waals surface area contributed by atoms with Gasteiger partial charge in [-0.05, 0) is 58.5 Å². The van der Waals surface area contributed by atoms with Crippen molar-refractivity contribution in [1.82, 2.24) is 15.2 Å². The number of rotatable bonds is 6. The Morgan fingerprint density at radius 2 is 2.06 bits per heavy atom. The molecule has 4 aromatic rings. The maximum Gasteiger partial charge on any atom is 0.259 e. The molecule has 0 atom stereocenters. The van der Waals surface area contributed by atoms with Crippen LogP contribution < -0.4 is 14.8 Å². The van der Waals surface area contributed by atoms with Crippen molar-refractivity contribution >= 4 is 45.2 Å². The van der Waals surface area contributed by atoms with Gasteiger partial charge in [0, 0.05) is 3.57 Å². The number of halogens is 3. The molecule has 7 nitrogen and oxygen atoms in total. The van der Waals surface area contributed by atoms with E-state index in [1.54, 1.807) is 18.2 Å². The van der Waals surface area contributed by atoms with Crippen molar-refractivity contribution in [2.24, 2.45) is 0 Å². The first kappa shape index (κ1) is 21.0. The third-order valence-corrected chi connectivity index (χ3v) is 5.30. The van der Waals surface area contributed by atoms with Gasteiger partial charge in [-0.25, -0.2) is 13.8 Å². The Morgan fingerprint density at radius 3 is 2.84 bits per heavy atom. The highest BCUT2D eigenvalue weighted by Gasteiger charge is 2.21. The van der Waals surface area contributed by atoms with Crippen molar-refractivity contribution < 1.29 is 23.0 Å². The van der Waals surface area contributed by atoms with E-state index >= 15 is 4.39 Å². The van der Waals surface area contributed by atoms with Crippen LogP contribution in [0, 0.1) is 15.2 Å². The SMILES string of the molecule is COc1n[nH]c2ncc(NC(=O)c3c(I)ccc(OCc4cccc(F)c4)c3F)cc12. The Balaban J connectivity index is 1.57. The fourth-order valence-electron chi connectivity index (χ4n) is 2.94. The number of anilines is 1. The highest BCUT2D eigenvalue weighted by atomic mass is 127. The molecule has 0 saturated carbocycles. The quantitative estimate of drug-likeness (QED) is 0.350. The Morgan fingerprint density at radius 1 is 1.23 bits per heavy atom. The topological polar surface area (TPSA) is 89.1 Å². The lowest BCUT2D eigenvalue weighted by Crippen LogP contribution is -2.16. The van der Waals surface area contributed by atoms with Crippen LogP contribution in [0.5, 0.6) is 11.6 Å². The van der Waals surface area contributed by atoms with Gasteiger partial charge in [0.2, 0.25) is 5.88 Å². The van der Waals surface area contributed by atoms with E-state index in [1.807, 2.05) is 22.6 Å². The fourth-order valence-corrected chi connectivity index (χ4v) is 3.60. The number of fused-ring (bicyclic) bond motifs is 1. The summed E-state index contributed by atoms with van der Waals surface area (Å²) in [7, 11) is 1.47. The summed E-state index contributed by atoms with van der Waals surface area (Å²) in [6, 6.07) is 10.4. The van der Waals surface area contributed by atoms with Crippen LogP contribution in [0.1, 0.15) is 15.9 Å². The number of pyridine rings is 1. The van der Waals surface area contributed by atoms with E-state index in [4.69, 9.17) is 9.47 Å². The minimum absolute atomic E-state index is 0.0444.